The van der Waals surface area contributed by atoms with Gasteiger partial charge in [-0.15, -0.1) is 0 Å². The van der Waals surface area contributed by atoms with Crippen LogP contribution in [0.3, 0.4) is 0 Å². The summed E-state index contributed by atoms with van der Waals surface area (Å²) >= 11 is 1.71. The number of aromatic nitrogens is 1. The third-order valence-corrected chi connectivity index (χ3v) is 6.52. The van der Waals surface area contributed by atoms with Crippen LogP contribution in [0.4, 0.5) is 5.13 Å². The molecule has 1 aliphatic heterocycles. The van der Waals surface area contributed by atoms with Crippen molar-refractivity contribution in [2.24, 2.45) is 5.92 Å². The van der Waals surface area contributed by atoms with Crippen LogP contribution in [0.15, 0.2) is 54.6 Å². The molecule has 1 aliphatic rings. The molecule has 1 saturated heterocycles. The minimum atomic E-state index is -1.07. The zero-order valence-electron chi connectivity index (χ0n) is 16.0. The van der Waals surface area contributed by atoms with Crippen molar-refractivity contribution in [3.63, 3.8) is 0 Å². The zero-order valence-corrected chi connectivity index (χ0v) is 16.8. The lowest BCUT2D eigenvalue weighted by Crippen LogP contribution is -2.44. The normalized spacial score (nSPS) is 17.4. The van der Waals surface area contributed by atoms with Crippen LogP contribution >= 0.6 is 11.3 Å². The van der Waals surface area contributed by atoms with Crippen LogP contribution in [-0.4, -0.2) is 35.6 Å². The van der Waals surface area contributed by atoms with E-state index in [-0.39, 0.29) is 18.4 Å². The van der Waals surface area contributed by atoms with Crippen LogP contribution in [0.2, 0.25) is 0 Å². The summed E-state index contributed by atoms with van der Waals surface area (Å²) in [6.07, 6.45) is 1.60. The molecule has 28 heavy (non-hydrogen) atoms. The Hall–Kier alpha value is -2.44. The van der Waals surface area contributed by atoms with Gasteiger partial charge in [-0.3, -0.25) is 4.79 Å². The van der Waals surface area contributed by atoms with Gasteiger partial charge in [0.05, 0.1) is 16.8 Å². The van der Waals surface area contributed by atoms with E-state index in [4.69, 9.17) is 4.98 Å². The highest BCUT2D eigenvalue weighted by atomic mass is 32.1. The van der Waals surface area contributed by atoms with Crippen molar-refractivity contribution in [3.8, 4) is 0 Å². The van der Waals surface area contributed by atoms with E-state index in [1.54, 1.807) is 18.3 Å². The molecule has 1 fully saturated rings. The largest absolute Gasteiger partial charge is 0.384 e. The molecule has 2 heterocycles. The highest BCUT2D eigenvalue weighted by Crippen LogP contribution is 2.31. The number of piperidine rings is 1. The molecule has 6 heteroatoms. The molecule has 0 unspecified atom stereocenters. The van der Waals surface area contributed by atoms with Crippen molar-refractivity contribution in [3.05, 3.63) is 60.2 Å². The Morgan fingerprint density at radius 1 is 1.18 bits per heavy atom. The molecule has 4 rings (SSSR count). The molecule has 1 atom stereocenters. The van der Waals surface area contributed by atoms with Gasteiger partial charge in [0, 0.05) is 19.0 Å². The number of carbonyl (C=O) groups excluding carboxylic acids is 1. The number of nitrogens with one attached hydrogen (secondary N) is 1. The summed E-state index contributed by atoms with van der Waals surface area (Å²) in [5, 5.41) is 14.6. The number of thiazole rings is 1. The smallest absolute Gasteiger partial charge is 0.223 e. The predicted molar refractivity (Wildman–Crippen MR) is 114 cm³/mol. The maximum atomic E-state index is 12.6. The monoisotopic (exact) mass is 395 g/mol. The molecule has 1 aromatic heterocycles. The van der Waals surface area contributed by atoms with Crippen LogP contribution in [0, 0.1) is 5.92 Å². The topological polar surface area (TPSA) is 65.5 Å². The molecule has 0 spiro atoms. The predicted octanol–water partition coefficient (Wildman–Crippen LogP) is 3.54. The average Bonchev–Trinajstić information content (AvgIpc) is 3.17. The van der Waals surface area contributed by atoms with Crippen molar-refractivity contribution in [1.29, 1.82) is 0 Å². The van der Waals surface area contributed by atoms with Crippen LogP contribution < -0.4 is 10.2 Å². The molecule has 0 saturated carbocycles. The maximum absolute atomic E-state index is 12.6. The highest BCUT2D eigenvalue weighted by Gasteiger charge is 2.29. The fourth-order valence-corrected chi connectivity index (χ4v) is 4.65. The fourth-order valence-electron chi connectivity index (χ4n) is 3.63. The van der Waals surface area contributed by atoms with E-state index in [2.05, 4.69) is 16.3 Å². The number of rotatable bonds is 5. The van der Waals surface area contributed by atoms with Gasteiger partial charge in [-0.1, -0.05) is 53.8 Å². The number of benzene rings is 2. The summed E-state index contributed by atoms with van der Waals surface area (Å²) in [6.45, 7) is 3.60. The molecule has 0 radical (unpaired) electrons. The van der Waals surface area contributed by atoms with E-state index in [1.165, 1.54) is 4.70 Å². The van der Waals surface area contributed by atoms with Crippen molar-refractivity contribution in [2.75, 3.05) is 24.5 Å². The molecule has 146 valence electrons. The van der Waals surface area contributed by atoms with E-state index in [0.29, 0.717) is 0 Å². The number of nitrogens with zero attached hydrogens (tertiary/aromatic N) is 2. The lowest BCUT2D eigenvalue weighted by Gasteiger charge is -2.32. The number of carbonyl (C=O) groups is 1. The number of anilines is 1. The molecular weight excluding hydrogens is 370 g/mol. The standard InChI is InChI=1S/C22H25N3O2S/c1-22(27,17-7-3-2-4-8-17)15-23-20(26)16-11-13-25(14-12-16)21-24-18-9-5-6-10-19(18)28-21/h2-10,16,27H,11-15H2,1H3,(H,23,26)/t22-/m1/s1. The van der Waals surface area contributed by atoms with Gasteiger partial charge in [-0.2, -0.15) is 0 Å². The second kappa shape index (κ2) is 7.89. The Labute approximate surface area is 169 Å². The van der Waals surface area contributed by atoms with Gasteiger partial charge < -0.3 is 15.3 Å². The first-order valence-electron chi connectivity index (χ1n) is 9.69. The summed E-state index contributed by atoms with van der Waals surface area (Å²) in [7, 11) is 0. The van der Waals surface area contributed by atoms with Crippen molar-refractivity contribution in [1.82, 2.24) is 10.3 Å². The SMILES string of the molecule is C[C@@](O)(CNC(=O)C1CCN(c2nc3ccccc3s2)CC1)c1ccccc1. The molecule has 3 aromatic rings. The molecular formula is C22H25N3O2S. The Balaban J connectivity index is 1.31. The molecule has 1 amide bonds. The minimum Gasteiger partial charge on any atom is -0.384 e. The molecule has 0 aliphatic carbocycles. The van der Waals surface area contributed by atoms with E-state index in [9.17, 15) is 9.90 Å². The lowest BCUT2D eigenvalue weighted by atomic mass is 9.94. The minimum absolute atomic E-state index is 0.0165. The summed E-state index contributed by atoms with van der Waals surface area (Å²) in [4.78, 5) is 19.6. The Kier molecular flexibility index (Phi) is 5.33. The van der Waals surface area contributed by atoms with Crippen LogP contribution in [0.25, 0.3) is 10.2 Å². The van der Waals surface area contributed by atoms with E-state index in [0.717, 1.165) is 42.1 Å². The van der Waals surface area contributed by atoms with Crippen LogP contribution in [0.1, 0.15) is 25.3 Å². The quantitative estimate of drug-likeness (QED) is 0.694. The second-order valence-electron chi connectivity index (χ2n) is 7.58. The summed E-state index contributed by atoms with van der Waals surface area (Å²) in [5.41, 5.74) is 0.769. The van der Waals surface area contributed by atoms with Crippen molar-refractivity contribution in [2.45, 2.75) is 25.4 Å². The van der Waals surface area contributed by atoms with Gasteiger partial charge in [0.25, 0.3) is 0 Å². The van der Waals surface area contributed by atoms with Gasteiger partial charge >= 0.3 is 0 Å². The Morgan fingerprint density at radius 2 is 1.86 bits per heavy atom. The zero-order chi connectivity index (χ0) is 19.6. The third-order valence-electron chi connectivity index (χ3n) is 5.42. The highest BCUT2D eigenvalue weighted by molar-refractivity contribution is 7.22. The van der Waals surface area contributed by atoms with E-state index < -0.39 is 5.60 Å². The van der Waals surface area contributed by atoms with Gasteiger partial charge in [-0.05, 0) is 37.5 Å². The van der Waals surface area contributed by atoms with Gasteiger partial charge in [0.1, 0.15) is 5.60 Å². The second-order valence-corrected chi connectivity index (χ2v) is 8.59. The number of para-hydroxylation sites is 1. The summed E-state index contributed by atoms with van der Waals surface area (Å²) < 4.78 is 1.19. The summed E-state index contributed by atoms with van der Waals surface area (Å²) in [6, 6.07) is 17.6. The number of hydrogen-bond acceptors (Lipinski definition) is 5. The van der Waals surface area contributed by atoms with E-state index in [1.807, 2.05) is 48.5 Å². The molecule has 5 nitrogen and oxygen atoms in total. The molecule has 0 bridgehead atoms. The number of fused-ring (bicyclic) bond motifs is 1. The number of amides is 1. The first kappa shape index (κ1) is 18.9. The van der Waals surface area contributed by atoms with Gasteiger partial charge in [0.2, 0.25) is 5.91 Å². The average molecular weight is 396 g/mol. The molecule has 2 aromatic carbocycles. The first-order valence-corrected chi connectivity index (χ1v) is 10.5. The van der Waals surface area contributed by atoms with Crippen molar-refractivity contribution >= 4 is 32.6 Å². The van der Waals surface area contributed by atoms with Crippen LogP contribution in [0.5, 0.6) is 0 Å². The first-order chi connectivity index (χ1) is 13.5. The summed E-state index contributed by atoms with van der Waals surface area (Å²) in [5.74, 6) is 0.0114. The van der Waals surface area contributed by atoms with Crippen molar-refractivity contribution < 1.29 is 9.90 Å². The van der Waals surface area contributed by atoms with Gasteiger partial charge in [0.15, 0.2) is 5.13 Å². The third kappa shape index (κ3) is 4.03. The Bertz CT molecular complexity index is 914. The molecule has 2 N–H and O–H groups in total. The lowest BCUT2D eigenvalue weighted by molar-refractivity contribution is -0.126. The number of hydrogen-bond donors (Lipinski definition) is 2. The number of aliphatic hydroxyl groups is 1. The Morgan fingerprint density at radius 3 is 2.57 bits per heavy atom. The van der Waals surface area contributed by atoms with Crippen LogP contribution in [-0.2, 0) is 10.4 Å². The van der Waals surface area contributed by atoms with Gasteiger partial charge in [-0.25, -0.2) is 4.98 Å². The fraction of sp³-hybridized carbons (Fsp3) is 0.364. The maximum Gasteiger partial charge on any atom is 0.223 e. The van der Waals surface area contributed by atoms with E-state index >= 15 is 0 Å².